The first kappa shape index (κ1) is 16.9. The van der Waals surface area contributed by atoms with Crippen LogP contribution in [0.2, 0.25) is 5.02 Å². The summed E-state index contributed by atoms with van der Waals surface area (Å²) < 4.78 is 0. The summed E-state index contributed by atoms with van der Waals surface area (Å²) >= 11 is 5.72. The van der Waals surface area contributed by atoms with Crippen LogP contribution in [0, 0.1) is 0 Å². The average Bonchev–Trinajstić information content (AvgIpc) is 2.86. The average molecular weight is 359 g/mol. The highest BCUT2D eigenvalue weighted by Crippen LogP contribution is 2.22. The molecule has 25 heavy (non-hydrogen) atoms. The van der Waals surface area contributed by atoms with Gasteiger partial charge in [-0.05, 0) is 30.7 Å². The maximum atomic E-state index is 12.2. The minimum absolute atomic E-state index is 0.242. The minimum Gasteiger partial charge on any atom is -0.338 e. The molecule has 1 aromatic carbocycles. The highest BCUT2D eigenvalue weighted by Gasteiger charge is 2.34. The van der Waals surface area contributed by atoms with E-state index in [0.29, 0.717) is 34.9 Å². The predicted molar refractivity (Wildman–Crippen MR) is 92.7 cm³/mol. The first-order valence-corrected chi connectivity index (χ1v) is 8.05. The SMILES string of the molecule is O=C(NCCCN1C(=O)c2ccccc2C1=O)Nc1ccc(Cl)cn1. The van der Waals surface area contributed by atoms with Crippen LogP contribution in [0.1, 0.15) is 27.1 Å². The van der Waals surface area contributed by atoms with Crippen molar-refractivity contribution in [2.24, 2.45) is 0 Å². The number of amides is 4. The van der Waals surface area contributed by atoms with Gasteiger partial charge in [-0.15, -0.1) is 0 Å². The molecule has 0 bridgehead atoms. The molecule has 0 saturated heterocycles. The summed E-state index contributed by atoms with van der Waals surface area (Å²) in [6.07, 6.45) is 1.88. The van der Waals surface area contributed by atoms with E-state index in [2.05, 4.69) is 15.6 Å². The summed E-state index contributed by atoms with van der Waals surface area (Å²) in [6.45, 7) is 0.554. The number of nitrogens with zero attached hydrogens (tertiary/aromatic N) is 2. The number of anilines is 1. The second-order valence-corrected chi connectivity index (χ2v) is 5.84. The van der Waals surface area contributed by atoms with Crippen LogP contribution in [0.5, 0.6) is 0 Å². The van der Waals surface area contributed by atoms with Gasteiger partial charge in [0.05, 0.1) is 16.1 Å². The van der Waals surface area contributed by atoms with E-state index in [1.807, 2.05) is 0 Å². The molecule has 1 aromatic heterocycles. The molecule has 7 nitrogen and oxygen atoms in total. The van der Waals surface area contributed by atoms with Crippen molar-refractivity contribution in [2.45, 2.75) is 6.42 Å². The molecule has 4 amide bonds. The van der Waals surface area contributed by atoms with Gasteiger partial charge in [0.2, 0.25) is 0 Å². The number of pyridine rings is 1. The summed E-state index contributed by atoms with van der Waals surface area (Å²) in [7, 11) is 0. The van der Waals surface area contributed by atoms with E-state index in [9.17, 15) is 14.4 Å². The predicted octanol–water partition coefficient (Wildman–Crippen LogP) is 2.54. The van der Waals surface area contributed by atoms with Crippen LogP contribution >= 0.6 is 11.6 Å². The van der Waals surface area contributed by atoms with E-state index < -0.39 is 6.03 Å². The maximum absolute atomic E-state index is 12.2. The Kier molecular flexibility index (Phi) is 4.95. The Morgan fingerprint density at radius 1 is 1.08 bits per heavy atom. The monoisotopic (exact) mass is 358 g/mol. The van der Waals surface area contributed by atoms with Crippen molar-refractivity contribution in [1.82, 2.24) is 15.2 Å². The van der Waals surface area contributed by atoms with Crippen molar-refractivity contribution >= 4 is 35.3 Å². The Labute approximate surface area is 149 Å². The van der Waals surface area contributed by atoms with E-state index in [4.69, 9.17) is 11.6 Å². The number of rotatable bonds is 5. The van der Waals surface area contributed by atoms with Gasteiger partial charge >= 0.3 is 6.03 Å². The quantitative estimate of drug-likeness (QED) is 0.634. The van der Waals surface area contributed by atoms with Crippen LogP contribution in [-0.2, 0) is 0 Å². The lowest BCUT2D eigenvalue weighted by molar-refractivity contribution is 0.0653. The van der Waals surface area contributed by atoms with Crippen molar-refractivity contribution in [3.05, 3.63) is 58.7 Å². The normalized spacial score (nSPS) is 12.9. The molecule has 2 N–H and O–H groups in total. The molecule has 128 valence electrons. The first-order chi connectivity index (χ1) is 12.1. The van der Waals surface area contributed by atoms with E-state index in [1.54, 1.807) is 36.4 Å². The molecule has 2 heterocycles. The summed E-state index contributed by atoms with van der Waals surface area (Å²) in [4.78, 5) is 41.3. The van der Waals surface area contributed by atoms with Gasteiger partial charge in [-0.2, -0.15) is 0 Å². The topological polar surface area (TPSA) is 91.4 Å². The minimum atomic E-state index is -0.419. The number of urea groups is 1. The third kappa shape index (κ3) is 3.77. The van der Waals surface area contributed by atoms with Crippen LogP contribution in [0.3, 0.4) is 0 Å². The van der Waals surface area contributed by atoms with Crippen LogP contribution in [-0.4, -0.2) is 40.8 Å². The van der Waals surface area contributed by atoms with Crippen LogP contribution in [0.25, 0.3) is 0 Å². The van der Waals surface area contributed by atoms with Gasteiger partial charge in [0.1, 0.15) is 5.82 Å². The van der Waals surface area contributed by atoms with E-state index in [1.165, 1.54) is 11.1 Å². The number of carbonyl (C=O) groups is 3. The lowest BCUT2D eigenvalue weighted by Crippen LogP contribution is -2.35. The number of imide groups is 1. The molecule has 2 aromatic rings. The summed E-state index contributed by atoms with van der Waals surface area (Å²) in [6, 6.07) is 9.51. The molecule has 3 rings (SSSR count). The number of nitrogens with one attached hydrogen (secondary N) is 2. The Bertz CT molecular complexity index is 788. The third-order valence-electron chi connectivity index (χ3n) is 3.69. The number of carbonyl (C=O) groups excluding carboxylic acids is 3. The lowest BCUT2D eigenvalue weighted by Gasteiger charge is -2.14. The number of benzene rings is 1. The Morgan fingerprint density at radius 3 is 2.36 bits per heavy atom. The van der Waals surface area contributed by atoms with Gasteiger partial charge in [0.25, 0.3) is 11.8 Å². The van der Waals surface area contributed by atoms with Crippen molar-refractivity contribution in [2.75, 3.05) is 18.4 Å². The highest BCUT2D eigenvalue weighted by atomic mass is 35.5. The zero-order valence-electron chi connectivity index (χ0n) is 13.2. The standard InChI is InChI=1S/C17H15ClN4O3/c18-11-6-7-14(20-10-11)21-17(25)19-8-3-9-22-15(23)12-4-1-2-5-13(12)16(22)24/h1-2,4-7,10H,3,8-9H2,(H2,19,20,21,25). The molecule has 0 unspecified atom stereocenters. The number of hydrogen-bond acceptors (Lipinski definition) is 4. The maximum Gasteiger partial charge on any atom is 0.320 e. The van der Waals surface area contributed by atoms with Crippen molar-refractivity contribution in [3.63, 3.8) is 0 Å². The number of hydrogen-bond donors (Lipinski definition) is 2. The smallest absolute Gasteiger partial charge is 0.320 e. The number of fused-ring (bicyclic) bond motifs is 1. The molecule has 0 aliphatic carbocycles. The van der Waals surface area contributed by atoms with Gasteiger partial charge < -0.3 is 5.32 Å². The van der Waals surface area contributed by atoms with E-state index in [-0.39, 0.29) is 18.4 Å². The number of aromatic nitrogens is 1. The van der Waals surface area contributed by atoms with E-state index >= 15 is 0 Å². The van der Waals surface area contributed by atoms with Crippen LogP contribution in [0.15, 0.2) is 42.6 Å². The van der Waals surface area contributed by atoms with Gasteiger partial charge in [0.15, 0.2) is 0 Å². The largest absolute Gasteiger partial charge is 0.338 e. The zero-order valence-corrected chi connectivity index (χ0v) is 13.9. The molecule has 0 fully saturated rings. The van der Waals surface area contributed by atoms with E-state index in [0.717, 1.165) is 0 Å². The fraction of sp³-hybridized carbons (Fsp3) is 0.176. The molecular formula is C17H15ClN4O3. The van der Waals surface area contributed by atoms with Crippen molar-refractivity contribution in [3.8, 4) is 0 Å². The molecule has 8 heteroatoms. The lowest BCUT2D eigenvalue weighted by atomic mass is 10.1. The van der Waals surface area contributed by atoms with Crippen molar-refractivity contribution < 1.29 is 14.4 Å². The molecule has 1 aliphatic rings. The number of halogens is 1. The van der Waals surface area contributed by atoms with Gasteiger partial charge in [-0.3, -0.25) is 19.8 Å². The van der Waals surface area contributed by atoms with Crippen molar-refractivity contribution in [1.29, 1.82) is 0 Å². The molecular weight excluding hydrogens is 344 g/mol. The molecule has 0 saturated carbocycles. The fourth-order valence-electron chi connectivity index (χ4n) is 2.49. The second kappa shape index (κ2) is 7.31. The molecule has 0 spiro atoms. The molecule has 0 radical (unpaired) electrons. The van der Waals surface area contributed by atoms with Gasteiger partial charge in [0, 0.05) is 19.3 Å². The van der Waals surface area contributed by atoms with Gasteiger partial charge in [-0.25, -0.2) is 9.78 Å². The Balaban J connectivity index is 1.45. The van der Waals surface area contributed by atoms with Crippen LogP contribution < -0.4 is 10.6 Å². The Hall–Kier alpha value is -2.93. The molecule has 1 aliphatic heterocycles. The zero-order chi connectivity index (χ0) is 17.8. The second-order valence-electron chi connectivity index (χ2n) is 5.40. The summed E-state index contributed by atoms with van der Waals surface area (Å²) in [5, 5.41) is 5.69. The van der Waals surface area contributed by atoms with Gasteiger partial charge in [-0.1, -0.05) is 23.7 Å². The highest BCUT2D eigenvalue weighted by molar-refractivity contribution is 6.30. The third-order valence-corrected chi connectivity index (χ3v) is 3.91. The Morgan fingerprint density at radius 2 is 1.76 bits per heavy atom. The van der Waals surface area contributed by atoms with Crippen LogP contribution in [0.4, 0.5) is 10.6 Å². The summed E-state index contributed by atoms with van der Waals surface area (Å²) in [5.74, 6) is -0.215. The first-order valence-electron chi connectivity index (χ1n) is 7.68. The summed E-state index contributed by atoms with van der Waals surface area (Å²) in [5.41, 5.74) is 0.846. The molecule has 0 atom stereocenters. The fourth-order valence-corrected chi connectivity index (χ4v) is 2.60.